The van der Waals surface area contributed by atoms with Gasteiger partial charge in [-0.05, 0) is 54.3 Å². The molecule has 0 fully saturated rings. The van der Waals surface area contributed by atoms with Gasteiger partial charge in [-0.1, -0.05) is 37.3 Å². The molecule has 0 saturated heterocycles. The van der Waals surface area contributed by atoms with Crippen LogP contribution in [-0.2, 0) is 22.4 Å². The fraction of sp³-hybridized carbons (Fsp3) is 0.250. The summed E-state index contributed by atoms with van der Waals surface area (Å²) in [6, 6.07) is 19.2. The van der Waals surface area contributed by atoms with Crippen molar-refractivity contribution in [3.63, 3.8) is 0 Å². The second-order valence-electron chi connectivity index (χ2n) is 7.32. The molecule has 1 aromatic heterocycles. The van der Waals surface area contributed by atoms with Crippen molar-refractivity contribution in [3.05, 3.63) is 83.8 Å². The fourth-order valence-corrected chi connectivity index (χ4v) is 3.81. The standard InChI is InChI=1S/C24H25N3O3/c1-2-17-9-11-19(12-10-17)26-24(29)23(28)25-16-21(22-8-5-15-30-22)27-14-13-18-6-3-4-7-20(18)27/h3-12,15,21H,2,13-14,16H2,1H3,(H,25,28)(H,26,29)/t21-/m1/s1. The van der Waals surface area contributed by atoms with E-state index < -0.39 is 11.8 Å². The number of furan rings is 1. The molecule has 0 saturated carbocycles. The van der Waals surface area contributed by atoms with E-state index in [4.69, 9.17) is 4.42 Å². The number of benzene rings is 2. The third-order valence-electron chi connectivity index (χ3n) is 5.45. The van der Waals surface area contributed by atoms with Gasteiger partial charge in [0.15, 0.2) is 0 Å². The summed E-state index contributed by atoms with van der Waals surface area (Å²) < 4.78 is 5.64. The summed E-state index contributed by atoms with van der Waals surface area (Å²) in [6.45, 7) is 3.16. The van der Waals surface area contributed by atoms with Gasteiger partial charge in [0, 0.05) is 24.5 Å². The van der Waals surface area contributed by atoms with Crippen LogP contribution in [0.4, 0.5) is 11.4 Å². The monoisotopic (exact) mass is 403 g/mol. The summed E-state index contributed by atoms with van der Waals surface area (Å²) in [4.78, 5) is 27.0. The fourth-order valence-electron chi connectivity index (χ4n) is 3.81. The smallest absolute Gasteiger partial charge is 0.313 e. The van der Waals surface area contributed by atoms with Crippen LogP contribution < -0.4 is 15.5 Å². The number of carbonyl (C=O) groups excluding carboxylic acids is 2. The third-order valence-corrected chi connectivity index (χ3v) is 5.45. The zero-order valence-corrected chi connectivity index (χ0v) is 16.9. The van der Waals surface area contributed by atoms with Gasteiger partial charge in [0.1, 0.15) is 11.8 Å². The number of para-hydroxylation sites is 1. The van der Waals surface area contributed by atoms with Crippen molar-refractivity contribution in [3.8, 4) is 0 Å². The van der Waals surface area contributed by atoms with Crippen LogP contribution in [0.1, 0.15) is 29.9 Å². The highest BCUT2D eigenvalue weighted by Gasteiger charge is 2.29. The van der Waals surface area contributed by atoms with Gasteiger partial charge in [-0.25, -0.2) is 0 Å². The van der Waals surface area contributed by atoms with Gasteiger partial charge in [-0.15, -0.1) is 0 Å². The maximum atomic E-state index is 12.4. The number of aryl methyl sites for hydroxylation is 1. The highest BCUT2D eigenvalue weighted by atomic mass is 16.3. The molecule has 2 aromatic carbocycles. The Kier molecular flexibility index (Phi) is 5.84. The summed E-state index contributed by atoms with van der Waals surface area (Å²) in [5, 5.41) is 5.42. The molecule has 2 heterocycles. The van der Waals surface area contributed by atoms with E-state index in [0.717, 1.165) is 30.8 Å². The van der Waals surface area contributed by atoms with E-state index in [1.165, 1.54) is 11.1 Å². The normalized spacial score (nSPS) is 13.6. The van der Waals surface area contributed by atoms with E-state index in [0.29, 0.717) is 5.69 Å². The summed E-state index contributed by atoms with van der Waals surface area (Å²) in [7, 11) is 0. The molecule has 2 amide bonds. The van der Waals surface area contributed by atoms with E-state index in [1.807, 2.05) is 36.4 Å². The summed E-state index contributed by atoms with van der Waals surface area (Å²) >= 11 is 0. The Bertz CT molecular complexity index is 1010. The predicted octanol–water partition coefficient (Wildman–Crippen LogP) is 3.70. The number of anilines is 2. The van der Waals surface area contributed by atoms with Crippen molar-refractivity contribution < 1.29 is 14.0 Å². The van der Waals surface area contributed by atoms with Crippen LogP contribution >= 0.6 is 0 Å². The van der Waals surface area contributed by atoms with E-state index in [1.54, 1.807) is 18.4 Å². The zero-order chi connectivity index (χ0) is 20.9. The maximum absolute atomic E-state index is 12.4. The van der Waals surface area contributed by atoms with Gasteiger partial charge < -0.3 is 20.0 Å². The minimum Gasteiger partial charge on any atom is -0.467 e. The molecule has 0 spiro atoms. The first-order valence-electron chi connectivity index (χ1n) is 10.2. The topological polar surface area (TPSA) is 74.6 Å². The minimum absolute atomic E-state index is 0.191. The molecule has 1 atom stereocenters. The van der Waals surface area contributed by atoms with Crippen molar-refractivity contribution in [2.24, 2.45) is 0 Å². The lowest BCUT2D eigenvalue weighted by atomic mass is 10.1. The van der Waals surface area contributed by atoms with Gasteiger partial charge in [0.25, 0.3) is 0 Å². The SMILES string of the molecule is CCc1ccc(NC(=O)C(=O)NC[C@H](c2ccco2)N2CCc3ccccc32)cc1. The summed E-state index contributed by atoms with van der Waals surface area (Å²) in [5.41, 5.74) is 4.18. The molecule has 1 aliphatic heterocycles. The van der Waals surface area contributed by atoms with Crippen LogP contribution in [0.15, 0.2) is 71.3 Å². The van der Waals surface area contributed by atoms with E-state index >= 15 is 0 Å². The number of rotatable bonds is 6. The maximum Gasteiger partial charge on any atom is 0.313 e. The molecule has 0 radical (unpaired) electrons. The lowest BCUT2D eigenvalue weighted by Crippen LogP contribution is -2.41. The van der Waals surface area contributed by atoms with Crippen molar-refractivity contribution >= 4 is 23.2 Å². The summed E-state index contributed by atoms with van der Waals surface area (Å²) in [6.07, 6.45) is 3.48. The van der Waals surface area contributed by atoms with Crippen LogP contribution in [0.3, 0.4) is 0 Å². The van der Waals surface area contributed by atoms with Gasteiger partial charge in [0.2, 0.25) is 0 Å². The van der Waals surface area contributed by atoms with Crippen molar-refractivity contribution in [2.75, 3.05) is 23.3 Å². The third kappa shape index (κ3) is 4.22. The number of carbonyl (C=O) groups is 2. The Balaban J connectivity index is 1.42. The van der Waals surface area contributed by atoms with Crippen LogP contribution in [-0.4, -0.2) is 24.9 Å². The van der Waals surface area contributed by atoms with Gasteiger partial charge in [-0.3, -0.25) is 9.59 Å². The number of hydrogen-bond acceptors (Lipinski definition) is 4. The predicted molar refractivity (Wildman–Crippen MR) is 116 cm³/mol. The van der Waals surface area contributed by atoms with Crippen LogP contribution in [0, 0.1) is 0 Å². The first-order chi connectivity index (χ1) is 14.7. The Morgan fingerprint density at radius 2 is 1.83 bits per heavy atom. The van der Waals surface area contributed by atoms with Crippen LogP contribution in [0.2, 0.25) is 0 Å². The number of amides is 2. The number of hydrogen-bond donors (Lipinski definition) is 2. The molecule has 2 N–H and O–H groups in total. The Labute approximate surface area is 175 Å². The van der Waals surface area contributed by atoms with Crippen molar-refractivity contribution in [1.82, 2.24) is 5.32 Å². The molecule has 0 unspecified atom stereocenters. The van der Waals surface area contributed by atoms with Crippen LogP contribution in [0.25, 0.3) is 0 Å². The summed E-state index contributed by atoms with van der Waals surface area (Å²) in [5.74, 6) is -0.597. The van der Waals surface area contributed by atoms with Crippen molar-refractivity contribution in [2.45, 2.75) is 25.8 Å². The molecule has 154 valence electrons. The average molecular weight is 403 g/mol. The largest absolute Gasteiger partial charge is 0.467 e. The number of fused-ring (bicyclic) bond motifs is 1. The Hall–Kier alpha value is -3.54. The van der Waals surface area contributed by atoms with Crippen molar-refractivity contribution in [1.29, 1.82) is 0 Å². The Morgan fingerprint density at radius 1 is 1.03 bits per heavy atom. The molecule has 30 heavy (non-hydrogen) atoms. The number of nitrogens with one attached hydrogen (secondary N) is 2. The van der Waals surface area contributed by atoms with Gasteiger partial charge in [-0.2, -0.15) is 0 Å². The molecular weight excluding hydrogens is 378 g/mol. The molecule has 0 aliphatic carbocycles. The molecule has 4 rings (SSSR count). The molecule has 0 bridgehead atoms. The molecule has 6 nitrogen and oxygen atoms in total. The molecule has 3 aromatic rings. The minimum atomic E-state index is -0.681. The van der Waals surface area contributed by atoms with E-state index in [9.17, 15) is 9.59 Å². The van der Waals surface area contributed by atoms with Gasteiger partial charge >= 0.3 is 11.8 Å². The second kappa shape index (κ2) is 8.86. The highest BCUT2D eigenvalue weighted by molar-refractivity contribution is 6.39. The van der Waals surface area contributed by atoms with E-state index in [-0.39, 0.29) is 12.6 Å². The van der Waals surface area contributed by atoms with E-state index in [2.05, 4.69) is 34.6 Å². The zero-order valence-electron chi connectivity index (χ0n) is 16.9. The van der Waals surface area contributed by atoms with Gasteiger partial charge in [0.05, 0.1) is 6.26 Å². The average Bonchev–Trinajstić information content (AvgIpc) is 3.45. The first kappa shape index (κ1) is 19.8. The Morgan fingerprint density at radius 3 is 2.57 bits per heavy atom. The quantitative estimate of drug-likeness (QED) is 0.616. The molecular formula is C24H25N3O3. The lowest BCUT2D eigenvalue weighted by Gasteiger charge is -2.29. The first-order valence-corrected chi connectivity index (χ1v) is 10.2. The number of nitrogens with zero attached hydrogens (tertiary/aromatic N) is 1. The molecule has 1 aliphatic rings. The highest BCUT2D eigenvalue weighted by Crippen LogP contribution is 2.34. The molecule has 6 heteroatoms. The van der Waals surface area contributed by atoms with Crippen LogP contribution in [0.5, 0.6) is 0 Å². The lowest BCUT2D eigenvalue weighted by molar-refractivity contribution is -0.136. The second-order valence-corrected chi connectivity index (χ2v) is 7.32.